The van der Waals surface area contributed by atoms with E-state index in [2.05, 4.69) is 26.5 Å². The number of anilines is 1. The van der Waals surface area contributed by atoms with Gasteiger partial charge in [-0.2, -0.15) is 18.3 Å². The number of nitrogens with one attached hydrogen (secondary N) is 1. The lowest BCUT2D eigenvalue weighted by molar-refractivity contribution is -0.137. The molecule has 0 bridgehead atoms. The molecule has 0 radical (unpaired) electrons. The molecule has 2 rings (SSSR count). The monoisotopic (exact) mass is 362 g/mol. The summed E-state index contributed by atoms with van der Waals surface area (Å²) < 4.78 is 38.2. The molecule has 1 aromatic heterocycles. The lowest BCUT2D eigenvalue weighted by Crippen LogP contribution is -2.04. The third-order valence-electron chi connectivity index (χ3n) is 2.47. The molecule has 0 saturated carbocycles. The van der Waals surface area contributed by atoms with Crippen molar-refractivity contribution in [2.24, 2.45) is 5.10 Å². The number of aryl methyl sites for hydroxylation is 1. The van der Waals surface area contributed by atoms with Crippen molar-refractivity contribution in [1.82, 2.24) is 0 Å². The number of hydrazone groups is 1. The van der Waals surface area contributed by atoms with E-state index in [4.69, 9.17) is 0 Å². The van der Waals surface area contributed by atoms with Gasteiger partial charge >= 0.3 is 6.18 Å². The van der Waals surface area contributed by atoms with Crippen molar-refractivity contribution < 1.29 is 13.2 Å². The summed E-state index contributed by atoms with van der Waals surface area (Å²) in [6, 6.07) is 6.65. The van der Waals surface area contributed by atoms with Crippen molar-refractivity contribution in [2.45, 2.75) is 13.1 Å². The molecule has 0 fully saturated rings. The number of hydrogen-bond acceptors (Lipinski definition) is 3. The van der Waals surface area contributed by atoms with Gasteiger partial charge < -0.3 is 0 Å². The number of halogens is 4. The van der Waals surface area contributed by atoms with Crippen LogP contribution in [0.25, 0.3) is 0 Å². The van der Waals surface area contributed by atoms with Crippen molar-refractivity contribution >= 4 is 39.2 Å². The van der Waals surface area contributed by atoms with Gasteiger partial charge in [0.25, 0.3) is 0 Å². The highest BCUT2D eigenvalue weighted by molar-refractivity contribution is 9.10. The van der Waals surface area contributed by atoms with E-state index in [9.17, 15) is 13.2 Å². The molecule has 1 N–H and O–H groups in total. The number of rotatable bonds is 3. The van der Waals surface area contributed by atoms with Crippen LogP contribution in [0.4, 0.5) is 18.9 Å². The van der Waals surface area contributed by atoms with Crippen LogP contribution in [0.5, 0.6) is 0 Å². The Bertz CT molecular complexity index is 598. The minimum absolute atomic E-state index is 0.501. The minimum atomic E-state index is -4.32. The van der Waals surface area contributed by atoms with E-state index in [1.807, 2.05) is 13.0 Å². The molecule has 2 aromatic rings. The lowest BCUT2D eigenvalue weighted by atomic mass is 10.2. The first-order valence-electron chi connectivity index (χ1n) is 5.58. The Labute approximate surface area is 126 Å². The summed E-state index contributed by atoms with van der Waals surface area (Å²) in [5.74, 6) is 0. The molecule has 0 saturated heterocycles. The van der Waals surface area contributed by atoms with E-state index in [-0.39, 0.29) is 0 Å². The second-order valence-electron chi connectivity index (χ2n) is 4.00. The first-order valence-corrected chi connectivity index (χ1v) is 7.19. The van der Waals surface area contributed by atoms with E-state index in [1.165, 1.54) is 12.1 Å². The van der Waals surface area contributed by atoms with Crippen LogP contribution in [0.3, 0.4) is 0 Å². The van der Waals surface area contributed by atoms with Gasteiger partial charge in [-0.1, -0.05) is 0 Å². The standard InChI is InChI=1S/C13H10BrF3N2S/c1-8-12(14)6-11(20-8)7-18-19-10-4-2-9(3-5-10)13(15,16)17/h2-7,19H,1H3. The van der Waals surface area contributed by atoms with Crippen LogP contribution in [-0.2, 0) is 6.18 Å². The molecule has 1 aromatic carbocycles. The fourth-order valence-corrected chi connectivity index (χ4v) is 2.88. The van der Waals surface area contributed by atoms with Crippen molar-refractivity contribution in [1.29, 1.82) is 0 Å². The summed E-state index contributed by atoms with van der Waals surface area (Å²) in [6.45, 7) is 1.98. The van der Waals surface area contributed by atoms with Gasteiger partial charge in [0.2, 0.25) is 0 Å². The number of nitrogens with zero attached hydrogens (tertiary/aromatic N) is 1. The molecule has 0 aliphatic rings. The molecule has 0 aliphatic carbocycles. The van der Waals surface area contributed by atoms with E-state index in [1.54, 1.807) is 17.6 Å². The molecule has 106 valence electrons. The highest BCUT2D eigenvalue weighted by Gasteiger charge is 2.29. The van der Waals surface area contributed by atoms with Gasteiger partial charge in [0.05, 0.1) is 17.5 Å². The Kier molecular flexibility index (Phi) is 4.49. The quantitative estimate of drug-likeness (QED) is 0.582. The molecule has 20 heavy (non-hydrogen) atoms. The van der Waals surface area contributed by atoms with Crippen molar-refractivity contribution in [3.8, 4) is 0 Å². The van der Waals surface area contributed by atoms with Gasteiger partial charge in [-0.25, -0.2) is 0 Å². The third kappa shape index (κ3) is 3.83. The fourth-order valence-electron chi connectivity index (χ4n) is 1.45. The van der Waals surface area contributed by atoms with E-state index < -0.39 is 11.7 Å². The number of alkyl halides is 3. The van der Waals surface area contributed by atoms with E-state index in [0.717, 1.165) is 26.4 Å². The van der Waals surface area contributed by atoms with Gasteiger partial charge in [-0.3, -0.25) is 5.43 Å². The fraction of sp³-hybridized carbons (Fsp3) is 0.154. The summed E-state index contributed by atoms with van der Waals surface area (Å²) in [5.41, 5.74) is 2.52. The molecular formula is C13H10BrF3N2S. The minimum Gasteiger partial charge on any atom is -0.278 e. The first-order chi connectivity index (χ1) is 9.36. The topological polar surface area (TPSA) is 24.4 Å². The first kappa shape index (κ1) is 15.1. The predicted octanol–water partition coefficient (Wildman–Crippen LogP) is 5.28. The largest absolute Gasteiger partial charge is 0.416 e. The number of hydrogen-bond donors (Lipinski definition) is 1. The van der Waals surface area contributed by atoms with Crippen molar-refractivity contribution in [2.75, 3.05) is 5.43 Å². The predicted molar refractivity (Wildman–Crippen MR) is 79.4 cm³/mol. The summed E-state index contributed by atoms with van der Waals surface area (Å²) in [6.07, 6.45) is -2.69. The van der Waals surface area contributed by atoms with Gasteiger partial charge in [0, 0.05) is 14.2 Å². The molecule has 0 aliphatic heterocycles. The molecular weight excluding hydrogens is 353 g/mol. The zero-order valence-corrected chi connectivity index (χ0v) is 12.7. The number of thiophene rings is 1. The van der Waals surface area contributed by atoms with Gasteiger partial charge in [0.1, 0.15) is 0 Å². The van der Waals surface area contributed by atoms with Crippen LogP contribution in [0.1, 0.15) is 15.3 Å². The van der Waals surface area contributed by atoms with E-state index >= 15 is 0 Å². The van der Waals surface area contributed by atoms with Gasteiger partial charge in [-0.15, -0.1) is 11.3 Å². The normalized spacial score (nSPS) is 12.1. The molecule has 0 atom stereocenters. The maximum absolute atomic E-state index is 12.4. The van der Waals surface area contributed by atoms with Crippen molar-refractivity contribution in [3.63, 3.8) is 0 Å². The molecule has 7 heteroatoms. The van der Waals surface area contributed by atoms with Gasteiger partial charge in [0.15, 0.2) is 0 Å². The second kappa shape index (κ2) is 5.97. The summed E-state index contributed by atoms with van der Waals surface area (Å²) in [7, 11) is 0. The Morgan fingerprint density at radius 3 is 2.40 bits per heavy atom. The molecule has 0 unspecified atom stereocenters. The number of benzene rings is 1. The van der Waals surface area contributed by atoms with Gasteiger partial charge in [-0.05, 0) is 53.2 Å². The molecule has 2 nitrogen and oxygen atoms in total. The van der Waals surface area contributed by atoms with Crippen LogP contribution in [0, 0.1) is 6.92 Å². The average molecular weight is 363 g/mol. The second-order valence-corrected chi connectivity index (χ2v) is 6.14. The van der Waals surface area contributed by atoms with Crippen LogP contribution in [0.15, 0.2) is 39.9 Å². The maximum Gasteiger partial charge on any atom is 0.416 e. The van der Waals surface area contributed by atoms with Crippen LogP contribution in [0.2, 0.25) is 0 Å². The summed E-state index contributed by atoms with van der Waals surface area (Å²) in [4.78, 5) is 2.09. The molecule has 0 amide bonds. The van der Waals surface area contributed by atoms with Crippen LogP contribution < -0.4 is 5.43 Å². The molecule has 1 heterocycles. The van der Waals surface area contributed by atoms with Crippen LogP contribution in [-0.4, -0.2) is 6.21 Å². The van der Waals surface area contributed by atoms with Crippen LogP contribution >= 0.6 is 27.3 Å². The maximum atomic E-state index is 12.4. The van der Waals surface area contributed by atoms with Crippen molar-refractivity contribution in [3.05, 3.63) is 50.1 Å². The van der Waals surface area contributed by atoms with E-state index in [0.29, 0.717) is 5.69 Å². The zero-order valence-electron chi connectivity index (χ0n) is 10.3. The highest BCUT2D eigenvalue weighted by atomic mass is 79.9. The summed E-state index contributed by atoms with van der Waals surface area (Å²) in [5, 5.41) is 3.99. The smallest absolute Gasteiger partial charge is 0.278 e. The SMILES string of the molecule is Cc1sc(C=NNc2ccc(C(F)(F)F)cc2)cc1Br. The molecule has 0 spiro atoms. The average Bonchev–Trinajstić information content (AvgIpc) is 2.68. The highest BCUT2D eigenvalue weighted by Crippen LogP contribution is 2.29. The zero-order chi connectivity index (χ0) is 14.8. The Morgan fingerprint density at radius 2 is 1.90 bits per heavy atom. The summed E-state index contributed by atoms with van der Waals surface area (Å²) >= 11 is 4.97. The third-order valence-corrected chi connectivity index (χ3v) is 4.55. The Hall–Kier alpha value is -1.34. The Balaban J connectivity index is 2.00. The lowest BCUT2D eigenvalue weighted by Gasteiger charge is -2.06. The Morgan fingerprint density at radius 1 is 1.25 bits per heavy atom.